The number of nitrogens with zero attached hydrogens (tertiary/aromatic N) is 1. The van der Waals surface area contributed by atoms with Gasteiger partial charge in [0.15, 0.2) is 0 Å². The Bertz CT molecular complexity index is 90.9. The van der Waals surface area contributed by atoms with Gasteiger partial charge in [0.1, 0.15) is 0 Å². The van der Waals surface area contributed by atoms with Crippen LogP contribution in [0.2, 0.25) is 0 Å². The molecule has 0 bridgehead atoms. The zero-order valence-electron chi connectivity index (χ0n) is 7.43. The van der Waals surface area contributed by atoms with Crippen LogP contribution in [0.3, 0.4) is 0 Å². The van der Waals surface area contributed by atoms with Gasteiger partial charge in [-0.2, -0.15) is 0 Å². The number of hydrogen-bond donors (Lipinski definition) is 0. The molecule has 0 aromatic rings. The van der Waals surface area contributed by atoms with E-state index in [1.165, 1.54) is 25.8 Å². The minimum Gasteiger partial charge on any atom is -0.303 e. The summed E-state index contributed by atoms with van der Waals surface area (Å²) in [5.41, 5.74) is 0. The van der Waals surface area contributed by atoms with E-state index in [1.54, 1.807) is 0 Å². The third kappa shape index (κ3) is 1.51. The summed E-state index contributed by atoms with van der Waals surface area (Å²) in [5.74, 6) is 0.920. The van der Waals surface area contributed by atoms with Crippen LogP contribution < -0.4 is 0 Å². The average molecular weight is 141 g/mol. The molecule has 1 nitrogen and oxygen atoms in total. The SMILES string of the molecule is CCC1C(C)CCCN1C. The lowest BCUT2D eigenvalue weighted by atomic mass is 9.90. The molecule has 1 fully saturated rings. The van der Waals surface area contributed by atoms with Gasteiger partial charge in [0, 0.05) is 6.04 Å². The van der Waals surface area contributed by atoms with Gasteiger partial charge in [-0.25, -0.2) is 0 Å². The van der Waals surface area contributed by atoms with Crippen LogP contribution in [0.4, 0.5) is 0 Å². The Kier molecular flexibility index (Phi) is 2.72. The molecule has 2 unspecified atom stereocenters. The van der Waals surface area contributed by atoms with Gasteiger partial charge in [0.05, 0.1) is 0 Å². The van der Waals surface area contributed by atoms with E-state index >= 15 is 0 Å². The second-order valence-electron chi connectivity index (χ2n) is 3.58. The van der Waals surface area contributed by atoms with Gasteiger partial charge in [0.2, 0.25) is 0 Å². The smallest absolute Gasteiger partial charge is 0.0115 e. The van der Waals surface area contributed by atoms with Crippen molar-refractivity contribution in [2.75, 3.05) is 13.6 Å². The molecule has 60 valence electrons. The second kappa shape index (κ2) is 3.38. The maximum Gasteiger partial charge on any atom is 0.0115 e. The highest BCUT2D eigenvalue weighted by atomic mass is 15.1. The fourth-order valence-corrected chi connectivity index (χ4v) is 2.17. The molecule has 0 N–H and O–H groups in total. The average Bonchev–Trinajstić information content (AvgIpc) is 1.88. The topological polar surface area (TPSA) is 3.24 Å². The first-order valence-electron chi connectivity index (χ1n) is 4.46. The molecule has 0 aromatic carbocycles. The van der Waals surface area contributed by atoms with Crippen molar-refractivity contribution in [3.63, 3.8) is 0 Å². The lowest BCUT2D eigenvalue weighted by molar-refractivity contribution is 0.127. The zero-order valence-corrected chi connectivity index (χ0v) is 7.43. The molecule has 0 radical (unpaired) electrons. The van der Waals surface area contributed by atoms with Gasteiger partial charge < -0.3 is 4.90 Å². The molecule has 1 heteroatoms. The van der Waals surface area contributed by atoms with Crippen LogP contribution in [0.1, 0.15) is 33.1 Å². The van der Waals surface area contributed by atoms with Crippen LogP contribution in [-0.4, -0.2) is 24.5 Å². The maximum atomic E-state index is 2.51. The van der Waals surface area contributed by atoms with Crippen molar-refractivity contribution in [1.82, 2.24) is 4.90 Å². The van der Waals surface area contributed by atoms with Gasteiger partial charge in [-0.05, 0) is 38.8 Å². The van der Waals surface area contributed by atoms with Crippen LogP contribution in [0.25, 0.3) is 0 Å². The Morgan fingerprint density at radius 3 is 2.60 bits per heavy atom. The predicted octanol–water partition coefficient (Wildman–Crippen LogP) is 2.13. The molecular weight excluding hydrogens is 122 g/mol. The molecule has 0 saturated carbocycles. The van der Waals surface area contributed by atoms with Gasteiger partial charge >= 0.3 is 0 Å². The minimum absolute atomic E-state index is 0.855. The first-order valence-corrected chi connectivity index (χ1v) is 4.46. The van der Waals surface area contributed by atoms with Gasteiger partial charge in [-0.15, -0.1) is 0 Å². The molecule has 0 amide bonds. The van der Waals surface area contributed by atoms with E-state index in [-0.39, 0.29) is 0 Å². The second-order valence-corrected chi connectivity index (χ2v) is 3.58. The summed E-state index contributed by atoms with van der Waals surface area (Å²) < 4.78 is 0. The molecule has 1 saturated heterocycles. The van der Waals surface area contributed by atoms with Crippen molar-refractivity contribution >= 4 is 0 Å². The summed E-state index contributed by atoms with van der Waals surface area (Å²) in [6.45, 7) is 5.98. The van der Waals surface area contributed by atoms with Crippen LogP contribution in [0.5, 0.6) is 0 Å². The molecule has 1 rings (SSSR count). The number of piperidine rings is 1. The molecule has 0 aromatic heterocycles. The highest BCUT2D eigenvalue weighted by molar-refractivity contribution is 4.78. The fourth-order valence-electron chi connectivity index (χ4n) is 2.17. The van der Waals surface area contributed by atoms with Gasteiger partial charge in [-0.1, -0.05) is 13.8 Å². The number of hydrogen-bond acceptors (Lipinski definition) is 1. The summed E-state index contributed by atoms with van der Waals surface area (Å²) in [6, 6.07) is 0.855. The van der Waals surface area contributed by atoms with Crippen molar-refractivity contribution in [2.45, 2.75) is 39.2 Å². The van der Waals surface area contributed by atoms with Crippen molar-refractivity contribution in [2.24, 2.45) is 5.92 Å². The highest BCUT2D eigenvalue weighted by Crippen LogP contribution is 2.23. The molecule has 1 heterocycles. The van der Waals surface area contributed by atoms with Crippen LogP contribution in [-0.2, 0) is 0 Å². The monoisotopic (exact) mass is 141 g/mol. The molecule has 1 aliphatic rings. The van der Waals surface area contributed by atoms with E-state index in [9.17, 15) is 0 Å². The molecule has 0 aliphatic carbocycles. The van der Waals surface area contributed by atoms with Crippen molar-refractivity contribution in [3.05, 3.63) is 0 Å². The van der Waals surface area contributed by atoms with E-state index in [4.69, 9.17) is 0 Å². The highest BCUT2D eigenvalue weighted by Gasteiger charge is 2.23. The Balaban J connectivity index is 2.45. The van der Waals surface area contributed by atoms with E-state index in [1.807, 2.05) is 0 Å². The normalized spacial score (nSPS) is 36.3. The maximum absolute atomic E-state index is 2.51. The third-order valence-electron chi connectivity index (χ3n) is 2.81. The lowest BCUT2D eigenvalue weighted by Gasteiger charge is -2.36. The van der Waals surface area contributed by atoms with E-state index in [2.05, 4.69) is 25.8 Å². The standard InChI is InChI=1S/C9H19N/c1-4-9-8(2)6-5-7-10(9)3/h8-9H,4-7H2,1-3H3. The zero-order chi connectivity index (χ0) is 7.56. The van der Waals surface area contributed by atoms with Crippen LogP contribution in [0, 0.1) is 5.92 Å². The summed E-state index contributed by atoms with van der Waals surface area (Å²) >= 11 is 0. The van der Waals surface area contributed by atoms with E-state index in [0.29, 0.717) is 0 Å². The Morgan fingerprint density at radius 1 is 1.50 bits per heavy atom. The largest absolute Gasteiger partial charge is 0.303 e. The van der Waals surface area contributed by atoms with Crippen molar-refractivity contribution in [3.8, 4) is 0 Å². The van der Waals surface area contributed by atoms with Gasteiger partial charge in [0.25, 0.3) is 0 Å². The fraction of sp³-hybridized carbons (Fsp3) is 1.00. The molecule has 2 atom stereocenters. The minimum atomic E-state index is 0.855. The number of rotatable bonds is 1. The predicted molar refractivity (Wildman–Crippen MR) is 45.1 cm³/mol. The molecule has 10 heavy (non-hydrogen) atoms. The first kappa shape index (κ1) is 8.06. The van der Waals surface area contributed by atoms with Gasteiger partial charge in [-0.3, -0.25) is 0 Å². The summed E-state index contributed by atoms with van der Waals surface area (Å²) in [5, 5.41) is 0. The Morgan fingerprint density at radius 2 is 2.20 bits per heavy atom. The van der Waals surface area contributed by atoms with E-state index in [0.717, 1.165) is 12.0 Å². The van der Waals surface area contributed by atoms with Crippen molar-refractivity contribution < 1.29 is 0 Å². The van der Waals surface area contributed by atoms with Crippen LogP contribution in [0.15, 0.2) is 0 Å². The Hall–Kier alpha value is -0.0400. The Labute approximate surface area is 64.4 Å². The first-order chi connectivity index (χ1) is 4.75. The molecule has 1 aliphatic heterocycles. The summed E-state index contributed by atoms with van der Waals surface area (Å²) in [6.07, 6.45) is 4.15. The van der Waals surface area contributed by atoms with Crippen molar-refractivity contribution in [1.29, 1.82) is 0 Å². The molecule has 0 spiro atoms. The number of likely N-dealkylation sites (tertiary alicyclic amines) is 1. The molecular formula is C9H19N. The summed E-state index contributed by atoms with van der Waals surface area (Å²) in [4.78, 5) is 2.51. The third-order valence-corrected chi connectivity index (χ3v) is 2.81. The van der Waals surface area contributed by atoms with Crippen LogP contribution >= 0.6 is 0 Å². The quantitative estimate of drug-likeness (QED) is 0.540. The van der Waals surface area contributed by atoms with E-state index < -0.39 is 0 Å². The summed E-state index contributed by atoms with van der Waals surface area (Å²) in [7, 11) is 2.25. The lowest BCUT2D eigenvalue weighted by Crippen LogP contribution is -2.40.